The molecule has 0 radical (unpaired) electrons. The van der Waals surface area contributed by atoms with Gasteiger partial charge in [-0.15, -0.1) is 36.2 Å². The number of carbonyl (C=O) groups excluding carboxylic acids is 1. The Balaban J connectivity index is 0.00000121. The molecular formula is C14H18Cl2N4OS. The van der Waals surface area contributed by atoms with Gasteiger partial charge in [-0.3, -0.25) is 9.78 Å². The van der Waals surface area contributed by atoms with Crippen molar-refractivity contribution in [3.63, 3.8) is 0 Å². The lowest BCUT2D eigenvalue weighted by Gasteiger charge is -2.21. The maximum atomic E-state index is 12.1. The van der Waals surface area contributed by atoms with Gasteiger partial charge in [0.15, 0.2) is 5.13 Å². The molecule has 1 saturated heterocycles. The first-order chi connectivity index (χ1) is 9.83. The Kier molecular flexibility index (Phi) is 7.75. The Bertz CT molecular complexity index is 588. The van der Waals surface area contributed by atoms with Gasteiger partial charge in [0.2, 0.25) is 5.91 Å². The van der Waals surface area contributed by atoms with Crippen LogP contribution in [0.4, 0.5) is 5.13 Å². The maximum absolute atomic E-state index is 12.1. The molecule has 1 amide bonds. The van der Waals surface area contributed by atoms with E-state index in [0.29, 0.717) is 5.13 Å². The van der Waals surface area contributed by atoms with Crippen LogP contribution < -0.4 is 10.6 Å². The second kappa shape index (κ2) is 9.05. The number of rotatable bonds is 3. The second-order valence-corrected chi connectivity index (χ2v) is 5.64. The lowest BCUT2D eigenvalue weighted by atomic mass is 9.99. The van der Waals surface area contributed by atoms with E-state index >= 15 is 0 Å². The van der Waals surface area contributed by atoms with Gasteiger partial charge in [-0.05, 0) is 31.5 Å². The Labute approximate surface area is 145 Å². The van der Waals surface area contributed by atoms with Gasteiger partial charge in [-0.1, -0.05) is 6.07 Å². The van der Waals surface area contributed by atoms with Gasteiger partial charge in [0.25, 0.3) is 0 Å². The van der Waals surface area contributed by atoms with E-state index in [0.717, 1.165) is 37.3 Å². The molecule has 0 bridgehead atoms. The number of thiazole rings is 1. The first-order valence-electron chi connectivity index (χ1n) is 6.71. The number of hydrogen-bond donors (Lipinski definition) is 2. The number of pyridine rings is 1. The highest BCUT2D eigenvalue weighted by molar-refractivity contribution is 7.14. The largest absolute Gasteiger partial charge is 0.316 e. The van der Waals surface area contributed by atoms with E-state index < -0.39 is 0 Å². The molecule has 1 unspecified atom stereocenters. The molecule has 120 valence electrons. The summed E-state index contributed by atoms with van der Waals surface area (Å²) in [6, 6.07) is 5.70. The summed E-state index contributed by atoms with van der Waals surface area (Å²) in [5, 5.41) is 8.70. The van der Waals surface area contributed by atoms with E-state index in [1.54, 1.807) is 6.20 Å². The van der Waals surface area contributed by atoms with Crippen LogP contribution in [0.3, 0.4) is 0 Å². The van der Waals surface area contributed by atoms with Crippen LogP contribution in [0.1, 0.15) is 12.8 Å². The summed E-state index contributed by atoms with van der Waals surface area (Å²) in [5.74, 6) is 0.102. The molecule has 1 aliphatic heterocycles. The van der Waals surface area contributed by atoms with Crippen molar-refractivity contribution in [2.75, 3.05) is 18.4 Å². The maximum Gasteiger partial charge on any atom is 0.230 e. The van der Waals surface area contributed by atoms with Crippen LogP contribution in [0.15, 0.2) is 29.8 Å². The number of anilines is 1. The topological polar surface area (TPSA) is 66.9 Å². The van der Waals surface area contributed by atoms with Crippen molar-refractivity contribution >= 4 is 47.2 Å². The zero-order valence-electron chi connectivity index (χ0n) is 11.8. The van der Waals surface area contributed by atoms with Crippen molar-refractivity contribution in [3.05, 3.63) is 29.8 Å². The molecule has 0 saturated carbocycles. The molecule has 2 aromatic rings. The number of aromatic nitrogens is 2. The van der Waals surface area contributed by atoms with E-state index in [-0.39, 0.29) is 36.6 Å². The molecule has 1 aliphatic rings. The predicted molar refractivity (Wildman–Crippen MR) is 94.1 cm³/mol. The number of amides is 1. The summed E-state index contributed by atoms with van der Waals surface area (Å²) >= 11 is 1.43. The predicted octanol–water partition coefficient (Wildman–Crippen LogP) is 2.99. The number of nitrogens with one attached hydrogen (secondary N) is 2. The van der Waals surface area contributed by atoms with Crippen LogP contribution >= 0.6 is 36.2 Å². The van der Waals surface area contributed by atoms with E-state index in [2.05, 4.69) is 20.6 Å². The lowest BCUT2D eigenvalue weighted by molar-refractivity contribution is -0.120. The third kappa shape index (κ3) is 4.64. The molecular weight excluding hydrogens is 343 g/mol. The van der Waals surface area contributed by atoms with Crippen molar-refractivity contribution in [2.24, 2.45) is 5.92 Å². The lowest BCUT2D eigenvalue weighted by Crippen LogP contribution is -2.37. The van der Waals surface area contributed by atoms with Crippen LogP contribution in [0, 0.1) is 5.92 Å². The SMILES string of the molecule is Cl.Cl.O=C(Nc1nc(-c2ccccn2)cs1)C1CCCNC1. The highest BCUT2D eigenvalue weighted by Gasteiger charge is 2.21. The number of carbonyl (C=O) groups is 1. The van der Waals surface area contributed by atoms with Gasteiger partial charge in [0.05, 0.1) is 11.6 Å². The second-order valence-electron chi connectivity index (χ2n) is 4.79. The number of piperidine rings is 1. The average Bonchev–Trinajstić information content (AvgIpc) is 2.97. The standard InChI is InChI=1S/C14H16N4OS.2ClH/c19-13(10-4-3-6-15-8-10)18-14-17-12(9-20-14)11-5-1-2-7-16-11;;/h1-2,5,7,9-10,15H,3-4,6,8H2,(H,17,18,19);2*1H. The van der Waals surface area contributed by atoms with Crippen molar-refractivity contribution < 1.29 is 4.79 Å². The Morgan fingerprint density at radius 2 is 2.18 bits per heavy atom. The summed E-state index contributed by atoms with van der Waals surface area (Å²) in [4.78, 5) is 20.8. The molecule has 3 rings (SSSR count). The van der Waals surface area contributed by atoms with Gasteiger partial charge < -0.3 is 10.6 Å². The molecule has 1 atom stereocenters. The highest BCUT2D eigenvalue weighted by atomic mass is 35.5. The van der Waals surface area contributed by atoms with Crippen LogP contribution in [-0.4, -0.2) is 29.0 Å². The number of halogens is 2. The molecule has 2 aromatic heterocycles. The van der Waals surface area contributed by atoms with E-state index in [1.165, 1.54) is 11.3 Å². The zero-order chi connectivity index (χ0) is 13.8. The van der Waals surface area contributed by atoms with Gasteiger partial charge in [-0.25, -0.2) is 4.98 Å². The number of hydrogen-bond acceptors (Lipinski definition) is 5. The fraction of sp³-hybridized carbons (Fsp3) is 0.357. The molecule has 8 heteroatoms. The molecule has 0 aliphatic carbocycles. The Morgan fingerprint density at radius 1 is 1.32 bits per heavy atom. The first kappa shape index (κ1) is 18.8. The van der Waals surface area contributed by atoms with Crippen LogP contribution in [0.25, 0.3) is 11.4 Å². The highest BCUT2D eigenvalue weighted by Crippen LogP contribution is 2.24. The molecule has 0 aromatic carbocycles. The quantitative estimate of drug-likeness (QED) is 0.882. The molecule has 2 N–H and O–H groups in total. The Morgan fingerprint density at radius 3 is 2.86 bits per heavy atom. The summed E-state index contributed by atoms with van der Waals surface area (Å²) in [6.45, 7) is 1.76. The minimum atomic E-state index is 0. The normalized spacial score (nSPS) is 17.0. The first-order valence-corrected chi connectivity index (χ1v) is 7.59. The van der Waals surface area contributed by atoms with E-state index in [4.69, 9.17) is 0 Å². The van der Waals surface area contributed by atoms with Gasteiger partial charge >= 0.3 is 0 Å². The minimum Gasteiger partial charge on any atom is -0.316 e. The van der Waals surface area contributed by atoms with Crippen molar-refractivity contribution in [1.82, 2.24) is 15.3 Å². The summed E-state index contributed by atoms with van der Waals surface area (Å²) in [7, 11) is 0. The average molecular weight is 361 g/mol. The summed E-state index contributed by atoms with van der Waals surface area (Å²) in [6.07, 6.45) is 3.73. The fourth-order valence-corrected chi connectivity index (χ4v) is 2.95. The van der Waals surface area contributed by atoms with Crippen LogP contribution in [-0.2, 0) is 4.79 Å². The van der Waals surface area contributed by atoms with Gasteiger partial charge in [0, 0.05) is 18.1 Å². The van der Waals surface area contributed by atoms with Gasteiger partial charge in [0.1, 0.15) is 5.69 Å². The molecule has 3 heterocycles. The minimum absolute atomic E-state index is 0. The third-order valence-electron chi connectivity index (χ3n) is 3.33. The van der Waals surface area contributed by atoms with Crippen LogP contribution in [0.2, 0.25) is 0 Å². The molecule has 0 spiro atoms. The smallest absolute Gasteiger partial charge is 0.230 e. The van der Waals surface area contributed by atoms with Gasteiger partial charge in [-0.2, -0.15) is 0 Å². The number of nitrogens with zero attached hydrogens (tertiary/aromatic N) is 2. The monoisotopic (exact) mass is 360 g/mol. The molecule has 5 nitrogen and oxygen atoms in total. The Hall–Kier alpha value is -1.21. The van der Waals surface area contributed by atoms with E-state index in [1.807, 2.05) is 23.6 Å². The van der Waals surface area contributed by atoms with Crippen molar-refractivity contribution in [1.29, 1.82) is 0 Å². The summed E-state index contributed by atoms with van der Waals surface area (Å²) in [5.41, 5.74) is 1.62. The third-order valence-corrected chi connectivity index (χ3v) is 4.09. The zero-order valence-corrected chi connectivity index (χ0v) is 14.3. The fourth-order valence-electron chi connectivity index (χ4n) is 2.25. The van der Waals surface area contributed by atoms with Crippen molar-refractivity contribution in [2.45, 2.75) is 12.8 Å². The van der Waals surface area contributed by atoms with Crippen molar-refractivity contribution in [3.8, 4) is 11.4 Å². The molecule has 22 heavy (non-hydrogen) atoms. The molecule has 1 fully saturated rings. The van der Waals surface area contributed by atoms with Crippen LogP contribution in [0.5, 0.6) is 0 Å². The summed E-state index contributed by atoms with van der Waals surface area (Å²) < 4.78 is 0. The van der Waals surface area contributed by atoms with E-state index in [9.17, 15) is 4.79 Å².